The fourth-order valence-electron chi connectivity index (χ4n) is 3.78. The minimum absolute atomic E-state index is 0.0696. The van der Waals surface area contributed by atoms with Crippen LogP contribution in [0.4, 0.5) is 0 Å². The van der Waals surface area contributed by atoms with Gasteiger partial charge < -0.3 is 9.64 Å². The van der Waals surface area contributed by atoms with Gasteiger partial charge in [0.2, 0.25) is 0 Å². The Bertz CT molecular complexity index is 733. The van der Waals surface area contributed by atoms with Gasteiger partial charge in [-0.1, -0.05) is 0 Å². The second-order valence-electron chi connectivity index (χ2n) is 6.75. The lowest BCUT2D eigenvalue weighted by Crippen LogP contribution is -2.61. The van der Waals surface area contributed by atoms with E-state index >= 15 is 0 Å². The Morgan fingerprint density at radius 3 is 3.04 bits per heavy atom. The van der Waals surface area contributed by atoms with Gasteiger partial charge in [-0.25, -0.2) is 0 Å². The topological polar surface area (TPSA) is 45.7 Å². The van der Waals surface area contributed by atoms with Gasteiger partial charge in [0.25, 0.3) is 5.91 Å². The van der Waals surface area contributed by atoms with Crippen molar-refractivity contribution in [3.05, 3.63) is 52.0 Å². The summed E-state index contributed by atoms with van der Waals surface area (Å²) in [6, 6.07) is 8.17. The zero-order valence-corrected chi connectivity index (χ0v) is 15.2. The number of fused-ring (bicyclic) bond motifs is 1. The van der Waals surface area contributed by atoms with E-state index in [-0.39, 0.29) is 18.1 Å². The second-order valence-corrected chi connectivity index (χ2v) is 8.13. The maximum absolute atomic E-state index is 12.9. The summed E-state index contributed by atoms with van der Waals surface area (Å²) in [5.74, 6) is 0.0696. The summed E-state index contributed by atoms with van der Waals surface area (Å²) in [5.41, 5.74) is 0.661. The molecule has 0 saturated carbocycles. The highest BCUT2D eigenvalue weighted by atomic mass is 32.1. The van der Waals surface area contributed by atoms with Crippen molar-refractivity contribution >= 4 is 17.2 Å². The largest absolute Gasteiger partial charge is 0.374 e. The molecule has 1 amide bonds. The lowest BCUT2D eigenvalue weighted by atomic mass is 9.98. The number of nitrogens with zero attached hydrogens (tertiary/aromatic N) is 3. The van der Waals surface area contributed by atoms with Gasteiger partial charge in [-0.3, -0.25) is 14.7 Å². The average molecular weight is 357 g/mol. The Morgan fingerprint density at radius 2 is 2.28 bits per heavy atom. The summed E-state index contributed by atoms with van der Waals surface area (Å²) >= 11 is 1.85. The molecule has 2 atom stereocenters. The zero-order chi connectivity index (χ0) is 17.2. The molecule has 2 aromatic rings. The molecule has 4 rings (SSSR count). The van der Waals surface area contributed by atoms with E-state index in [1.54, 1.807) is 12.4 Å². The quantitative estimate of drug-likeness (QED) is 0.847. The third-order valence-corrected chi connectivity index (χ3v) is 6.00. The smallest absolute Gasteiger partial charge is 0.255 e. The first-order valence-electron chi connectivity index (χ1n) is 8.81. The molecule has 0 radical (unpaired) electrons. The summed E-state index contributed by atoms with van der Waals surface area (Å²) in [6.45, 7) is 6.26. The monoisotopic (exact) mass is 357 g/mol. The molecule has 132 valence electrons. The standard InChI is InChI=1S/C19H23N3O2S/c1-14-4-5-16(25-14)12-21-8-6-18-17(13-21)22(9-10-24-18)19(23)15-3-2-7-20-11-15/h2-5,7,11,17-18H,6,8-10,12-13H2,1H3/t17-,18-/m0/s1. The number of carbonyl (C=O) groups excluding carboxylic acids is 1. The highest BCUT2D eigenvalue weighted by molar-refractivity contribution is 7.11. The van der Waals surface area contributed by atoms with Gasteiger partial charge in [-0.15, -0.1) is 11.3 Å². The number of hydrogen-bond donors (Lipinski definition) is 0. The van der Waals surface area contributed by atoms with Gasteiger partial charge in [0, 0.05) is 48.3 Å². The van der Waals surface area contributed by atoms with Gasteiger partial charge in [0.1, 0.15) is 0 Å². The molecule has 6 heteroatoms. The molecule has 4 heterocycles. The van der Waals surface area contributed by atoms with Crippen molar-refractivity contribution in [1.82, 2.24) is 14.8 Å². The van der Waals surface area contributed by atoms with Gasteiger partial charge in [-0.05, 0) is 37.6 Å². The number of carbonyl (C=O) groups is 1. The van der Waals surface area contributed by atoms with Crippen molar-refractivity contribution in [2.75, 3.05) is 26.2 Å². The SMILES string of the molecule is Cc1ccc(CN2CC[C@@H]3OCCN(C(=O)c4cccnc4)[C@H]3C2)s1. The van der Waals surface area contributed by atoms with Crippen molar-refractivity contribution in [3.63, 3.8) is 0 Å². The molecule has 5 nitrogen and oxygen atoms in total. The molecule has 0 aliphatic carbocycles. The number of likely N-dealkylation sites (tertiary alicyclic amines) is 1. The Balaban J connectivity index is 1.48. The molecule has 0 unspecified atom stereocenters. The van der Waals surface area contributed by atoms with Crippen LogP contribution >= 0.6 is 11.3 Å². The Kier molecular flexibility index (Phi) is 4.83. The van der Waals surface area contributed by atoms with Crippen LogP contribution in [-0.4, -0.2) is 59.1 Å². The van der Waals surface area contributed by atoms with E-state index in [0.717, 1.165) is 26.1 Å². The predicted molar refractivity (Wildman–Crippen MR) is 97.8 cm³/mol. The van der Waals surface area contributed by atoms with E-state index < -0.39 is 0 Å². The van der Waals surface area contributed by atoms with E-state index in [2.05, 4.69) is 28.9 Å². The second kappa shape index (κ2) is 7.23. The van der Waals surface area contributed by atoms with Gasteiger partial charge in [-0.2, -0.15) is 0 Å². The molecule has 2 aromatic heterocycles. The van der Waals surface area contributed by atoms with E-state index in [9.17, 15) is 4.79 Å². The molecular weight excluding hydrogens is 334 g/mol. The van der Waals surface area contributed by atoms with Gasteiger partial charge in [0.05, 0.1) is 24.3 Å². The van der Waals surface area contributed by atoms with Crippen LogP contribution in [0, 0.1) is 6.92 Å². The first kappa shape index (κ1) is 16.7. The number of ether oxygens (including phenoxy) is 1. The van der Waals surface area contributed by atoms with Crippen LogP contribution in [0.3, 0.4) is 0 Å². The molecule has 2 saturated heterocycles. The number of morpholine rings is 1. The number of pyridine rings is 1. The summed E-state index contributed by atoms with van der Waals surface area (Å²) in [7, 11) is 0. The zero-order valence-electron chi connectivity index (χ0n) is 14.4. The molecule has 0 N–H and O–H groups in total. The third kappa shape index (κ3) is 3.61. The van der Waals surface area contributed by atoms with Crippen LogP contribution in [0.2, 0.25) is 0 Å². The van der Waals surface area contributed by atoms with Crippen molar-refractivity contribution in [2.45, 2.75) is 32.0 Å². The van der Waals surface area contributed by atoms with E-state index in [4.69, 9.17) is 4.74 Å². The van der Waals surface area contributed by atoms with Crippen molar-refractivity contribution < 1.29 is 9.53 Å². The van der Waals surface area contributed by atoms with E-state index in [1.165, 1.54) is 9.75 Å². The lowest BCUT2D eigenvalue weighted by Gasteiger charge is -2.47. The van der Waals surface area contributed by atoms with Crippen LogP contribution in [0.1, 0.15) is 26.5 Å². The maximum Gasteiger partial charge on any atom is 0.255 e. The number of rotatable bonds is 3. The Labute approximate surface area is 152 Å². The summed E-state index contributed by atoms with van der Waals surface area (Å²) in [4.78, 5) is 24.2. The minimum atomic E-state index is 0.0696. The predicted octanol–water partition coefficient (Wildman–Crippen LogP) is 2.57. The molecule has 0 aromatic carbocycles. The van der Waals surface area contributed by atoms with Crippen LogP contribution < -0.4 is 0 Å². The minimum Gasteiger partial charge on any atom is -0.374 e. The van der Waals surface area contributed by atoms with Crippen molar-refractivity contribution in [1.29, 1.82) is 0 Å². The van der Waals surface area contributed by atoms with Crippen molar-refractivity contribution in [2.24, 2.45) is 0 Å². The van der Waals surface area contributed by atoms with Crippen LogP contribution in [-0.2, 0) is 11.3 Å². The molecule has 2 aliphatic heterocycles. The highest BCUT2D eigenvalue weighted by Crippen LogP contribution is 2.26. The van der Waals surface area contributed by atoms with Gasteiger partial charge in [0.15, 0.2) is 0 Å². The number of hydrogen-bond acceptors (Lipinski definition) is 5. The number of aromatic nitrogens is 1. The molecular formula is C19H23N3O2S. The molecule has 0 bridgehead atoms. The normalized spacial score (nSPS) is 24.1. The summed E-state index contributed by atoms with van der Waals surface area (Å²) < 4.78 is 5.97. The maximum atomic E-state index is 12.9. The first-order valence-corrected chi connectivity index (χ1v) is 9.62. The molecule has 2 aliphatic rings. The average Bonchev–Trinajstić information content (AvgIpc) is 3.06. The van der Waals surface area contributed by atoms with Crippen LogP contribution in [0.15, 0.2) is 36.7 Å². The third-order valence-electron chi connectivity index (χ3n) is 5.01. The fraction of sp³-hybridized carbons (Fsp3) is 0.474. The van der Waals surface area contributed by atoms with Crippen molar-refractivity contribution in [3.8, 4) is 0 Å². The first-order chi connectivity index (χ1) is 12.2. The molecule has 2 fully saturated rings. The number of amides is 1. The molecule has 0 spiro atoms. The van der Waals surface area contributed by atoms with Crippen LogP contribution in [0.5, 0.6) is 0 Å². The molecule has 25 heavy (non-hydrogen) atoms. The summed E-state index contributed by atoms with van der Waals surface area (Å²) in [6.07, 6.45) is 4.48. The highest BCUT2D eigenvalue weighted by Gasteiger charge is 2.39. The van der Waals surface area contributed by atoms with Crippen LogP contribution in [0.25, 0.3) is 0 Å². The Hall–Kier alpha value is -1.76. The number of thiophene rings is 1. The van der Waals surface area contributed by atoms with E-state index in [0.29, 0.717) is 18.7 Å². The number of piperidine rings is 1. The lowest BCUT2D eigenvalue weighted by molar-refractivity contribution is -0.0913. The fourth-order valence-corrected chi connectivity index (χ4v) is 4.71. The summed E-state index contributed by atoms with van der Waals surface area (Å²) in [5, 5.41) is 0. The van der Waals surface area contributed by atoms with E-state index in [1.807, 2.05) is 28.4 Å². The van der Waals surface area contributed by atoms with Gasteiger partial charge >= 0.3 is 0 Å². The number of aryl methyl sites for hydroxylation is 1. The Morgan fingerprint density at radius 1 is 1.36 bits per heavy atom.